The van der Waals surface area contributed by atoms with Gasteiger partial charge < -0.3 is 19.9 Å². The summed E-state index contributed by atoms with van der Waals surface area (Å²) in [6, 6.07) is 15.9. The third-order valence-corrected chi connectivity index (χ3v) is 8.50. The van der Waals surface area contributed by atoms with Crippen molar-refractivity contribution < 1.29 is 18.7 Å². The highest BCUT2D eigenvalue weighted by Gasteiger charge is 2.32. The van der Waals surface area contributed by atoms with Gasteiger partial charge >= 0.3 is 6.03 Å². The smallest absolute Gasteiger partial charge is 0.322 e. The second-order valence-electron chi connectivity index (χ2n) is 10.1. The molecule has 3 amide bonds. The maximum absolute atomic E-state index is 14.1. The Morgan fingerprint density at radius 3 is 2.67 bits per heavy atom. The normalized spacial score (nSPS) is 19.5. The zero-order valence-electron chi connectivity index (χ0n) is 22.4. The number of amides is 3. The van der Waals surface area contributed by atoms with E-state index in [0.717, 1.165) is 24.3 Å². The van der Waals surface area contributed by atoms with E-state index >= 15 is 0 Å². The minimum absolute atomic E-state index is 0.0504. The van der Waals surface area contributed by atoms with Gasteiger partial charge in [-0.3, -0.25) is 9.69 Å². The first-order chi connectivity index (χ1) is 18.9. The molecule has 1 fully saturated rings. The third-order valence-electron chi connectivity index (χ3n) is 7.50. The summed E-state index contributed by atoms with van der Waals surface area (Å²) in [5, 5.41) is 5.05. The summed E-state index contributed by atoms with van der Waals surface area (Å²) in [5.74, 6) is 0.602. The van der Waals surface area contributed by atoms with Crippen LogP contribution < -0.4 is 10.1 Å². The van der Waals surface area contributed by atoms with Crippen LogP contribution in [0.15, 0.2) is 60.0 Å². The number of nitrogens with zero attached hydrogens (tertiary/aromatic N) is 3. The van der Waals surface area contributed by atoms with Gasteiger partial charge in [-0.25, -0.2) is 9.18 Å². The highest BCUT2D eigenvalue weighted by atomic mass is 32.1. The molecule has 39 heavy (non-hydrogen) atoms. The second kappa shape index (κ2) is 12.2. The van der Waals surface area contributed by atoms with E-state index in [0.29, 0.717) is 44.9 Å². The molecule has 0 bridgehead atoms. The van der Waals surface area contributed by atoms with Gasteiger partial charge in [-0.2, -0.15) is 0 Å². The van der Waals surface area contributed by atoms with Gasteiger partial charge in [-0.15, -0.1) is 11.3 Å². The molecule has 0 unspecified atom stereocenters. The number of anilines is 1. The average molecular weight is 551 g/mol. The van der Waals surface area contributed by atoms with Gasteiger partial charge in [-0.1, -0.05) is 12.1 Å². The van der Waals surface area contributed by atoms with E-state index in [1.54, 1.807) is 28.4 Å². The molecule has 3 heterocycles. The maximum Gasteiger partial charge on any atom is 0.322 e. The molecule has 2 atom stereocenters. The SMILES string of the molecule is CCOc1ccc(NC(=O)N2CCN(C(=O)CCN3CCc4sccc4[C@H]3c3cccc(F)c3)C[C@@H]2C)cc1. The van der Waals surface area contributed by atoms with Crippen LogP contribution in [0.1, 0.15) is 42.3 Å². The maximum atomic E-state index is 14.1. The van der Waals surface area contributed by atoms with Crippen LogP contribution in [0.5, 0.6) is 5.75 Å². The van der Waals surface area contributed by atoms with Gasteiger partial charge in [0.15, 0.2) is 0 Å². The van der Waals surface area contributed by atoms with Crippen LogP contribution >= 0.6 is 11.3 Å². The van der Waals surface area contributed by atoms with Gasteiger partial charge in [-0.05, 0) is 79.2 Å². The van der Waals surface area contributed by atoms with Crippen LogP contribution in [-0.2, 0) is 11.2 Å². The van der Waals surface area contributed by atoms with Crippen molar-refractivity contribution in [3.63, 3.8) is 0 Å². The molecular weight excluding hydrogens is 515 g/mol. The Morgan fingerprint density at radius 2 is 1.92 bits per heavy atom. The van der Waals surface area contributed by atoms with Gasteiger partial charge in [0.25, 0.3) is 0 Å². The van der Waals surface area contributed by atoms with Crippen molar-refractivity contribution in [3.8, 4) is 5.75 Å². The van der Waals surface area contributed by atoms with Crippen molar-refractivity contribution in [2.45, 2.75) is 38.8 Å². The zero-order valence-corrected chi connectivity index (χ0v) is 23.3. The first kappa shape index (κ1) is 27.1. The van der Waals surface area contributed by atoms with Crippen molar-refractivity contribution in [3.05, 3.63) is 81.8 Å². The van der Waals surface area contributed by atoms with Crippen molar-refractivity contribution >= 4 is 29.0 Å². The van der Waals surface area contributed by atoms with E-state index in [1.165, 1.54) is 16.5 Å². The number of nitrogens with one attached hydrogen (secondary N) is 1. The number of thiophene rings is 1. The lowest BCUT2D eigenvalue weighted by Crippen LogP contribution is -2.56. The summed E-state index contributed by atoms with van der Waals surface area (Å²) in [7, 11) is 0. The average Bonchev–Trinajstić information content (AvgIpc) is 3.41. The number of carbonyl (C=O) groups excluding carboxylic acids is 2. The first-order valence-electron chi connectivity index (χ1n) is 13.6. The number of piperazine rings is 1. The molecule has 0 radical (unpaired) electrons. The highest BCUT2D eigenvalue weighted by molar-refractivity contribution is 7.10. The molecule has 7 nitrogen and oxygen atoms in total. The monoisotopic (exact) mass is 550 g/mol. The second-order valence-corrected chi connectivity index (χ2v) is 11.1. The number of carbonyl (C=O) groups is 2. The molecule has 0 saturated carbocycles. The number of ether oxygens (including phenoxy) is 1. The Morgan fingerprint density at radius 1 is 1.10 bits per heavy atom. The first-order valence-corrected chi connectivity index (χ1v) is 14.4. The Bertz CT molecular complexity index is 1300. The molecule has 1 aromatic heterocycles. The molecule has 206 valence electrons. The lowest BCUT2D eigenvalue weighted by molar-refractivity contribution is -0.134. The fourth-order valence-corrected chi connectivity index (χ4v) is 6.46. The minimum Gasteiger partial charge on any atom is -0.494 e. The van der Waals surface area contributed by atoms with Crippen LogP contribution in [0.4, 0.5) is 14.9 Å². The molecule has 5 rings (SSSR count). The number of benzene rings is 2. The lowest BCUT2D eigenvalue weighted by atomic mass is 9.93. The van der Waals surface area contributed by atoms with E-state index in [2.05, 4.69) is 21.7 Å². The van der Waals surface area contributed by atoms with E-state index < -0.39 is 0 Å². The molecular formula is C30H35FN4O3S. The molecule has 2 aliphatic rings. The number of urea groups is 1. The Hall–Kier alpha value is -3.43. The topological polar surface area (TPSA) is 65.1 Å². The standard InChI is InChI=1S/C30H35FN4O3S/c1-3-38-25-9-7-24(8-10-25)32-30(37)35-17-16-34(20-21(35)2)28(36)12-15-33-14-11-27-26(13-18-39-27)29(33)22-5-4-6-23(31)19-22/h4-10,13,18-19,21,29H,3,11-12,14-17,20H2,1-2H3,(H,32,37)/t21-,29+/m0/s1. The van der Waals surface area contributed by atoms with Crippen LogP contribution in [0.3, 0.4) is 0 Å². The van der Waals surface area contributed by atoms with Crippen molar-refractivity contribution in [2.75, 3.05) is 44.6 Å². The van der Waals surface area contributed by atoms with Crippen LogP contribution in [0.2, 0.25) is 0 Å². The summed E-state index contributed by atoms with van der Waals surface area (Å²) in [4.78, 5) is 33.4. The summed E-state index contributed by atoms with van der Waals surface area (Å²) in [6.45, 7) is 7.40. The zero-order chi connectivity index (χ0) is 27.4. The molecule has 0 aliphatic carbocycles. The van der Waals surface area contributed by atoms with Gasteiger partial charge in [0.1, 0.15) is 11.6 Å². The summed E-state index contributed by atoms with van der Waals surface area (Å²) < 4.78 is 19.5. The van der Waals surface area contributed by atoms with Crippen LogP contribution in [0, 0.1) is 5.82 Å². The molecule has 3 aromatic rings. The molecule has 1 saturated heterocycles. The van der Waals surface area contributed by atoms with E-state index in [4.69, 9.17) is 4.74 Å². The number of halogens is 1. The molecule has 9 heteroatoms. The molecule has 1 N–H and O–H groups in total. The number of rotatable bonds is 7. The van der Waals surface area contributed by atoms with E-state index in [9.17, 15) is 14.0 Å². The fourth-order valence-electron chi connectivity index (χ4n) is 5.56. The lowest BCUT2D eigenvalue weighted by Gasteiger charge is -2.40. The van der Waals surface area contributed by atoms with E-state index in [1.807, 2.05) is 49.1 Å². The van der Waals surface area contributed by atoms with E-state index in [-0.39, 0.29) is 29.8 Å². The fraction of sp³-hybridized carbons (Fsp3) is 0.400. The Kier molecular flexibility index (Phi) is 8.47. The Balaban J connectivity index is 1.16. The van der Waals surface area contributed by atoms with Gasteiger partial charge in [0.05, 0.1) is 12.6 Å². The summed E-state index contributed by atoms with van der Waals surface area (Å²) >= 11 is 1.74. The molecule has 2 aromatic carbocycles. The predicted octanol–water partition coefficient (Wildman–Crippen LogP) is 5.39. The summed E-state index contributed by atoms with van der Waals surface area (Å²) in [5.41, 5.74) is 2.84. The van der Waals surface area contributed by atoms with Crippen molar-refractivity contribution in [1.29, 1.82) is 0 Å². The quantitative estimate of drug-likeness (QED) is 0.429. The predicted molar refractivity (Wildman–Crippen MR) is 152 cm³/mol. The van der Waals surface area contributed by atoms with Gasteiger partial charge in [0, 0.05) is 55.8 Å². The van der Waals surface area contributed by atoms with Crippen molar-refractivity contribution in [1.82, 2.24) is 14.7 Å². The van der Waals surface area contributed by atoms with Crippen molar-refractivity contribution in [2.24, 2.45) is 0 Å². The largest absolute Gasteiger partial charge is 0.494 e. The minimum atomic E-state index is -0.246. The Labute approximate surface area is 233 Å². The number of hydrogen-bond donors (Lipinski definition) is 1. The van der Waals surface area contributed by atoms with Crippen LogP contribution in [-0.4, -0.2) is 72.0 Å². The van der Waals surface area contributed by atoms with Gasteiger partial charge in [0.2, 0.25) is 5.91 Å². The molecule has 0 spiro atoms. The molecule has 2 aliphatic heterocycles. The highest BCUT2D eigenvalue weighted by Crippen LogP contribution is 2.38. The van der Waals surface area contributed by atoms with Crippen LogP contribution in [0.25, 0.3) is 0 Å². The third kappa shape index (κ3) is 6.25. The number of fused-ring (bicyclic) bond motifs is 1. The summed E-state index contributed by atoms with van der Waals surface area (Å²) in [6.07, 6.45) is 1.32. The number of hydrogen-bond acceptors (Lipinski definition) is 5.